The third kappa shape index (κ3) is 2.77. The van der Waals surface area contributed by atoms with Gasteiger partial charge in [-0.05, 0) is 69.9 Å². The molecular formula is C17H26N2. The molecule has 1 N–H and O–H groups in total. The zero-order valence-electron chi connectivity index (χ0n) is 12.3. The van der Waals surface area contributed by atoms with E-state index in [1.165, 1.54) is 57.1 Å². The van der Waals surface area contributed by atoms with Gasteiger partial charge >= 0.3 is 0 Å². The van der Waals surface area contributed by atoms with Crippen molar-refractivity contribution in [3.05, 3.63) is 23.5 Å². The molecule has 3 rings (SSSR count). The molecule has 2 nitrogen and oxygen atoms in total. The molecule has 2 aliphatic carbocycles. The molecule has 104 valence electrons. The standard InChI is InChI=1S/C17H26N2/c1-13-5-6-16(14(2)18-13)19-15-7-11-17(12-8-15)9-3-4-10-17/h5-6,15,19H,3-4,7-12H2,1-2H3. The van der Waals surface area contributed by atoms with E-state index in [1.54, 1.807) is 0 Å². The highest BCUT2D eigenvalue weighted by Crippen LogP contribution is 2.49. The molecule has 0 amide bonds. The van der Waals surface area contributed by atoms with Gasteiger partial charge < -0.3 is 5.32 Å². The number of rotatable bonds is 2. The summed E-state index contributed by atoms with van der Waals surface area (Å²) in [6.07, 6.45) is 11.5. The lowest BCUT2D eigenvalue weighted by Gasteiger charge is -2.38. The Kier molecular flexibility index (Phi) is 3.51. The van der Waals surface area contributed by atoms with Gasteiger partial charge in [0.15, 0.2) is 0 Å². The van der Waals surface area contributed by atoms with Crippen molar-refractivity contribution in [2.75, 3.05) is 5.32 Å². The van der Waals surface area contributed by atoms with Crippen molar-refractivity contribution >= 4 is 5.69 Å². The van der Waals surface area contributed by atoms with Gasteiger partial charge in [-0.2, -0.15) is 0 Å². The highest BCUT2D eigenvalue weighted by Gasteiger charge is 2.37. The Morgan fingerprint density at radius 3 is 2.37 bits per heavy atom. The van der Waals surface area contributed by atoms with Crippen LogP contribution in [0.2, 0.25) is 0 Å². The van der Waals surface area contributed by atoms with Crippen LogP contribution in [0.1, 0.15) is 62.8 Å². The molecule has 1 aromatic rings. The number of hydrogen-bond donors (Lipinski definition) is 1. The molecule has 2 aliphatic rings. The second-order valence-electron chi connectivity index (χ2n) is 6.71. The lowest BCUT2D eigenvalue weighted by Crippen LogP contribution is -2.31. The van der Waals surface area contributed by atoms with Crippen LogP contribution in [0.4, 0.5) is 5.69 Å². The summed E-state index contributed by atoms with van der Waals surface area (Å²) >= 11 is 0. The van der Waals surface area contributed by atoms with E-state index >= 15 is 0 Å². The summed E-state index contributed by atoms with van der Waals surface area (Å²) < 4.78 is 0. The fraction of sp³-hybridized carbons (Fsp3) is 0.706. The predicted octanol–water partition coefficient (Wildman–Crippen LogP) is 4.61. The minimum atomic E-state index is 0.662. The summed E-state index contributed by atoms with van der Waals surface area (Å²) in [5.41, 5.74) is 4.22. The molecule has 2 heteroatoms. The summed E-state index contributed by atoms with van der Waals surface area (Å²) in [6, 6.07) is 4.96. The fourth-order valence-corrected chi connectivity index (χ4v) is 4.06. The summed E-state index contributed by atoms with van der Waals surface area (Å²) in [4.78, 5) is 4.55. The van der Waals surface area contributed by atoms with Gasteiger partial charge in [0.05, 0.1) is 11.4 Å². The van der Waals surface area contributed by atoms with Gasteiger partial charge in [-0.3, -0.25) is 4.98 Å². The van der Waals surface area contributed by atoms with Crippen LogP contribution in [0.3, 0.4) is 0 Å². The van der Waals surface area contributed by atoms with Crippen molar-refractivity contribution in [1.29, 1.82) is 0 Å². The number of aryl methyl sites for hydroxylation is 2. The topological polar surface area (TPSA) is 24.9 Å². The van der Waals surface area contributed by atoms with E-state index in [0.29, 0.717) is 6.04 Å². The fourth-order valence-electron chi connectivity index (χ4n) is 4.06. The van der Waals surface area contributed by atoms with Crippen molar-refractivity contribution in [2.45, 2.75) is 71.3 Å². The van der Waals surface area contributed by atoms with Gasteiger partial charge in [0, 0.05) is 11.7 Å². The first kappa shape index (κ1) is 13.0. The average molecular weight is 258 g/mol. The number of hydrogen-bond acceptors (Lipinski definition) is 2. The second kappa shape index (κ2) is 5.15. The first-order chi connectivity index (χ1) is 9.17. The van der Waals surface area contributed by atoms with Gasteiger partial charge in [0.25, 0.3) is 0 Å². The van der Waals surface area contributed by atoms with E-state index in [1.807, 2.05) is 0 Å². The summed E-state index contributed by atoms with van der Waals surface area (Å²) in [7, 11) is 0. The van der Waals surface area contributed by atoms with Gasteiger partial charge in [0.1, 0.15) is 0 Å². The molecular weight excluding hydrogens is 232 g/mol. The SMILES string of the molecule is Cc1ccc(NC2CCC3(CCCC3)CC2)c(C)n1. The zero-order chi connectivity index (χ0) is 13.3. The summed E-state index contributed by atoms with van der Waals surface area (Å²) in [6.45, 7) is 4.16. The van der Waals surface area contributed by atoms with Crippen LogP contribution >= 0.6 is 0 Å². The third-order valence-corrected chi connectivity index (χ3v) is 5.30. The van der Waals surface area contributed by atoms with Gasteiger partial charge in [-0.1, -0.05) is 12.8 Å². The number of nitrogens with zero attached hydrogens (tertiary/aromatic N) is 1. The molecule has 2 saturated carbocycles. The van der Waals surface area contributed by atoms with Gasteiger partial charge in [-0.25, -0.2) is 0 Å². The molecule has 0 saturated heterocycles. The number of pyridine rings is 1. The highest BCUT2D eigenvalue weighted by molar-refractivity contribution is 5.48. The molecule has 19 heavy (non-hydrogen) atoms. The molecule has 0 unspecified atom stereocenters. The zero-order valence-corrected chi connectivity index (χ0v) is 12.3. The van der Waals surface area contributed by atoms with Crippen LogP contribution in [0, 0.1) is 19.3 Å². The molecule has 0 aliphatic heterocycles. The Bertz CT molecular complexity index is 437. The Morgan fingerprint density at radius 1 is 1.05 bits per heavy atom. The summed E-state index contributed by atoms with van der Waals surface area (Å²) in [5.74, 6) is 0. The average Bonchev–Trinajstić information content (AvgIpc) is 2.84. The van der Waals surface area contributed by atoms with Crippen molar-refractivity contribution in [3.63, 3.8) is 0 Å². The van der Waals surface area contributed by atoms with E-state index in [-0.39, 0.29) is 0 Å². The molecule has 2 fully saturated rings. The number of aromatic nitrogens is 1. The smallest absolute Gasteiger partial charge is 0.0606 e. The normalized spacial score (nSPS) is 22.8. The molecule has 0 aromatic carbocycles. The minimum Gasteiger partial charge on any atom is -0.381 e. The van der Waals surface area contributed by atoms with Crippen molar-refractivity contribution in [2.24, 2.45) is 5.41 Å². The maximum absolute atomic E-state index is 4.55. The Labute approximate surface area is 117 Å². The van der Waals surface area contributed by atoms with Crippen molar-refractivity contribution in [1.82, 2.24) is 4.98 Å². The highest BCUT2D eigenvalue weighted by atomic mass is 14.9. The van der Waals surface area contributed by atoms with Crippen LogP contribution in [-0.2, 0) is 0 Å². The van der Waals surface area contributed by atoms with Crippen LogP contribution in [0.15, 0.2) is 12.1 Å². The second-order valence-corrected chi connectivity index (χ2v) is 6.71. The van der Waals surface area contributed by atoms with Crippen LogP contribution in [0.25, 0.3) is 0 Å². The van der Waals surface area contributed by atoms with E-state index in [2.05, 4.69) is 36.3 Å². The van der Waals surface area contributed by atoms with E-state index in [4.69, 9.17) is 0 Å². The first-order valence-corrected chi connectivity index (χ1v) is 7.88. The Hall–Kier alpha value is -1.05. The Balaban J connectivity index is 1.60. The lowest BCUT2D eigenvalue weighted by molar-refractivity contribution is 0.188. The van der Waals surface area contributed by atoms with Crippen molar-refractivity contribution in [3.8, 4) is 0 Å². The molecule has 0 bridgehead atoms. The van der Waals surface area contributed by atoms with Crippen molar-refractivity contribution < 1.29 is 0 Å². The maximum Gasteiger partial charge on any atom is 0.0606 e. The molecule has 1 aromatic heterocycles. The lowest BCUT2D eigenvalue weighted by atomic mass is 9.71. The van der Waals surface area contributed by atoms with Crippen LogP contribution in [0.5, 0.6) is 0 Å². The van der Waals surface area contributed by atoms with Gasteiger partial charge in [0.2, 0.25) is 0 Å². The van der Waals surface area contributed by atoms with E-state index in [0.717, 1.165) is 16.8 Å². The third-order valence-electron chi connectivity index (χ3n) is 5.30. The first-order valence-electron chi connectivity index (χ1n) is 7.88. The quantitative estimate of drug-likeness (QED) is 0.837. The molecule has 1 spiro atoms. The minimum absolute atomic E-state index is 0.662. The maximum atomic E-state index is 4.55. The molecule has 0 radical (unpaired) electrons. The van der Waals surface area contributed by atoms with E-state index in [9.17, 15) is 0 Å². The number of nitrogens with one attached hydrogen (secondary N) is 1. The van der Waals surface area contributed by atoms with E-state index < -0.39 is 0 Å². The monoisotopic (exact) mass is 258 g/mol. The predicted molar refractivity (Wildman–Crippen MR) is 80.5 cm³/mol. The Morgan fingerprint density at radius 2 is 1.74 bits per heavy atom. The van der Waals surface area contributed by atoms with Gasteiger partial charge in [-0.15, -0.1) is 0 Å². The molecule has 0 atom stereocenters. The largest absolute Gasteiger partial charge is 0.381 e. The van der Waals surface area contributed by atoms with Crippen LogP contribution < -0.4 is 5.32 Å². The molecule has 1 heterocycles. The number of anilines is 1. The summed E-state index contributed by atoms with van der Waals surface area (Å²) in [5, 5.41) is 3.72. The van der Waals surface area contributed by atoms with Crippen LogP contribution in [-0.4, -0.2) is 11.0 Å².